The number of carbonyl (C=O) groups excluding carboxylic acids is 3. The summed E-state index contributed by atoms with van der Waals surface area (Å²) in [4.78, 5) is 36.6. The maximum Gasteiger partial charge on any atom is 0.303 e. The van der Waals surface area contributed by atoms with Gasteiger partial charge in [0.1, 0.15) is 11.7 Å². The Morgan fingerprint density at radius 2 is 1.66 bits per heavy atom. The van der Waals surface area contributed by atoms with E-state index in [2.05, 4.69) is 20.8 Å². The number of ether oxygens (including phenoxy) is 2. The summed E-state index contributed by atoms with van der Waals surface area (Å²) in [5.74, 6) is 0.330. The van der Waals surface area contributed by atoms with Crippen LogP contribution in [0, 0.1) is 28.6 Å². The molecule has 3 saturated carbocycles. The van der Waals surface area contributed by atoms with Crippen LogP contribution in [0.5, 0.6) is 0 Å². The molecule has 29 heavy (non-hydrogen) atoms. The number of rotatable bonds is 2. The number of esters is 2. The summed E-state index contributed by atoms with van der Waals surface area (Å²) >= 11 is 0. The first kappa shape index (κ1) is 20.6. The van der Waals surface area contributed by atoms with E-state index in [0.29, 0.717) is 12.3 Å². The third kappa shape index (κ3) is 2.98. The first-order valence-corrected chi connectivity index (χ1v) is 11.1. The van der Waals surface area contributed by atoms with Gasteiger partial charge in [0.2, 0.25) is 0 Å². The molecule has 0 spiro atoms. The van der Waals surface area contributed by atoms with E-state index in [1.54, 1.807) is 0 Å². The lowest BCUT2D eigenvalue weighted by molar-refractivity contribution is -0.177. The molecule has 160 valence electrons. The van der Waals surface area contributed by atoms with Crippen molar-refractivity contribution in [3.8, 4) is 0 Å². The van der Waals surface area contributed by atoms with E-state index >= 15 is 0 Å². The molecule has 0 aromatic rings. The fraction of sp³-hybridized carbons (Fsp3) is 0.792. The van der Waals surface area contributed by atoms with Crippen molar-refractivity contribution < 1.29 is 23.9 Å². The van der Waals surface area contributed by atoms with E-state index in [4.69, 9.17) is 9.47 Å². The van der Waals surface area contributed by atoms with E-state index in [1.807, 2.05) is 6.08 Å². The van der Waals surface area contributed by atoms with Gasteiger partial charge in [-0.25, -0.2) is 0 Å². The lowest BCUT2D eigenvalue weighted by Crippen LogP contribution is -2.57. The molecule has 0 aliphatic heterocycles. The highest BCUT2D eigenvalue weighted by Gasteiger charge is 2.65. The molecule has 0 aromatic heterocycles. The monoisotopic (exact) mass is 402 g/mol. The summed E-state index contributed by atoms with van der Waals surface area (Å²) < 4.78 is 11.3. The lowest BCUT2D eigenvalue weighted by Gasteiger charge is -2.58. The number of hydrogen-bond acceptors (Lipinski definition) is 5. The largest absolute Gasteiger partial charge is 0.462 e. The highest BCUT2D eigenvalue weighted by atomic mass is 16.6. The predicted octanol–water partition coefficient (Wildman–Crippen LogP) is 4.38. The summed E-state index contributed by atoms with van der Waals surface area (Å²) in [6.07, 6.45) is 7.98. The Balaban J connectivity index is 1.65. The average Bonchev–Trinajstić information content (AvgIpc) is 2.86. The van der Waals surface area contributed by atoms with Gasteiger partial charge in [-0.1, -0.05) is 19.4 Å². The molecule has 7 atom stereocenters. The molecule has 5 heteroatoms. The van der Waals surface area contributed by atoms with Gasteiger partial charge in [-0.3, -0.25) is 14.4 Å². The Kier molecular flexibility index (Phi) is 4.75. The number of carbonyl (C=O) groups is 3. The molecular weight excluding hydrogens is 368 g/mol. The Labute approximate surface area is 173 Å². The summed E-state index contributed by atoms with van der Waals surface area (Å²) in [6, 6.07) is 0. The number of allylic oxidation sites excluding steroid dienone is 1. The Morgan fingerprint density at radius 1 is 0.966 bits per heavy atom. The number of hydrogen-bond donors (Lipinski definition) is 0. The van der Waals surface area contributed by atoms with Crippen molar-refractivity contribution in [2.24, 2.45) is 28.6 Å². The van der Waals surface area contributed by atoms with Gasteiger partial charge >= 0.3 is 11.9 Å². The maximum atomic E-state index is 13.4. The van der Waals surface area contributed by atoms with Gasteiger partial charge in [0.25, 0.3) is 0 Å². The summed E-state index contributed by atoms with van der Waals surface area (Å²) in [7, 11) is 0. The zero-order chi connectivity index (χ0) is 21.2. The van der Waals surface area contributed by atoms with Crippen LogP contribution in [0.25, 0.3) is 0 Å². The number of fused-ring (bicyclic) bond motifs is 5. The number of ketones is 1. The van der Waals surface area contributed by atoms with E-state index in [1.165, 1.54) is 19.4 Å². The zero-order valence-electron chi connectivity index (χ0n) is 18.4. The predicted molar refractivity (Wildman–Crippen MR) is 108 cm³/mol. The smallest absolute Gasteiger partial charge is 0.303 e. The van der Waals surface area contributed by atoms with Crippen LogP contribution in [0.4, 0.5) is 0 Å². The molecule has 0 amide bonds. The molecule has 0 unspecified atom stereocenters. The van der Waals surface area contributed by atoms with Crippen LogP contribution in [0.15, 0.2) is 11.6 Å². The van der Waals surface area contributed by atoms with Crippen molar-refractivity contribution in [1.82, 2.24) is 0 Å². The fourth-order valence-corrected chi connectivity index (χ4v) is 7.42. The van der Waals surface area contributed by atoms with Gasteiger partial charge in [-0.2, -0.15) is 0 Å². The Morgan fingerprint density at radius 3 is 2.31 bits per heavy atom. The van der Waals surface area contributed by atoms with Crippen LogP contribution < -0.4 is 0 Å². The summed E-state index contributed by atoms with van der Waals surface area (Å²) in [6.45, 7) is 9.55. The molecule has 4 aliphatic rings. The van der Waals surface area contributed by atoms with Gasteiger partial charge < -0.3 is 9.47 Å². The molecule has 0 heterocycles. The first-order valence-electron chi connectivity index (χ1n) is 11.1. The minimum absolute atomic E-state index is 0.00300. The van der Waals surface area contributed by atoms with Gasteiger partial charge in [-0.15, -0.1) is 0 Å². The first-order chi connectivity index (χ1) is 13.5. The SMILES string of the molecule is CC(=O)O[C@H]1CC[C@@]2(C)C(=CC(=O)[C@@H]3[C@@H]2CC[C@@]2(C)[C@H]3CC[C@]2(C)OC(C)=O)C1. The molecule has 0 bridgehead atoms. The van der Waals surface area contributed by atoms with Crippen molar-refractivity contribution in [3.05, 3.63) is 11.6 Å². The van der Waals surface area contributed by atoms with Gasteiger partial charge in [0, 0.05) is 31.6 Å². The van der Waals surface area contributed by atoms with Crippen LogP contribution >= 0.6 is 0 Å². The normalized spacial score (nSPS) is 46.1. The molecule has 0 radical (unpaired) electrons. The Bertz CT molecular complexity index is 784. The second kappa shape index (κ2) is 6.68. The molecule has 0 aromatic carbocycles. The molecular formula is C24H34O5. The zero-order valence-corrected chi connectivity index (χ0v) is 18.4. The van der Waals surface area contributed by atoms with Gasteiger partial charge in [0.05, 0.1) is 0 Å². The highest BCUT2D eigenvalue weighted by molar-refractivity contribution is 5.94. The highest BCUT2D eigenvalue weighted by Crippen LogP contribution is 2.67. The third-order valence-corrected chi connectivity index (χ3v) is 9.13. The molecule has 5 nitrogen and oxygen atoms in total. The second-order valence-electron chi connectivity index (χ2n) is 10.5. The maximum absolute atomic E-state index is 13.4. The summed E-state index contributed by atoms with van der Waals surface area (Å²) in [5, 5.41) is 0. The van der Waals surface area contributed by atoms with Crippen LogP contribution in [0.1, 0.15) is 79.6 Å². The van der Waals surface area contributed by atoms with Crippen molar-refractivity contribution in [2.75, 3.05) is 0 Å². The van der Waals surface area contributed by atoms with Gasteiger partial charge in [-0.05, 0) is 68.8 Å². The van der Waals surface area contributed by atoms with Crippen LogP contribution in [-0.2, 0) is 23.9 Å². The van der Waals surface area contributed by atoms with Gasteiger partial charge in [0.15, 0.2) is 5.78 Å². The van der Waals surface area contributed by atoms with Crippen LogP contribution in [-0.4, -0.2) is 29.4 Å². The minimum Gasteiger partial charge on any atom is -0.462 e. The van der Waals surface area contributed by atoms with Crippen LogP contribution in [0.3, 0.4) is 0 Å². The standard InChI is InChI=1S/C24H34O5/c1-14(25)28-17-6-9-22(3)16(12-17)13-20(27)21-18(22)7-10-23(4)19(21)8-11-24(23,5)29-15(2)26/h13,17-19,21H,6-12H2,1-5H3/t17-,18-,19-,21+,22-,23-,24-/m0/s1. The topological polar surface area (TPSA) is 69.7 Å². The van der Waals surface area contributed by atoms with E-state index < -0.39 is 5.60 Å². The van der Waals surface area contributed by atoms with E-state index in [0.717, 1.165) is 38.5 Å². The van der Waals surface area contributed by atoms with Crippen molar-refractivity contribution in [3.63, 3.8) is 0 Å². The Hall–Kier alpha value is -1.65. The second-order valence-corrected chi connectivity index (χ2v) is 10.5. The van der Waals surface area contributed by atoms with E-state index in [-0.39, 0.29) is 46.5 Å². The molecule has 4 aliphatic carbocycles. The summed E-state index contributed by atoms with van der Waals surface area (Å²) in [5.41, 5.74) is 0.515. The average molecular weight is 403 g/mol. The quantitative estimate of drug-likeness (QED) is 0.641. The molecule has 3 fully saturated rings. The van der Waals surface area contributed by atoms with Crippen LogP contribution in [0.2, 0.25) is 0 Å². The molecule has 4 rings (SSSR count). The van der Waals surface area contributed by atoms with E-state index in [9.17, 15) is 14.4 Å². The molecule has 0 saturated heterocycles. The van der Waals surface area contributed by atoms with Crippen molar-refractivity contribution in [2.45, 2.75) is 91.3 Å². The van der Waals surface area contributed by atoms with Crippen molar-refractivity contribution >= 4 is 17.7 Å². The lowest BCUT2D eigenvalue weighted by atomic mass is 9.46. The van der Waals surface area contributed by atoms with Crippen molar-refractivity contribution in [1.29, 1.82) is 0 Å². The minimum atomic E-state index is -0.493. The fourth-order valence-electron chi connectivity index (χ4n) is 7.42. The third-order valence-electron chi connectivity index (χ3n) is 9.13. The molecule has 0 N–H and O–H groups in total.